The molecular weight excluding hydrogens is 356 g/mol. The van der Waals surface area contributed by atoms with E-state index in [4.69, 9.17) is 4.98 Å². The number of carbonyl (C=O) groups excluding carboxylic acids is 1. The summed E-state index contributed by atoms with van der Waals surface area (Å²) in [4.78, 5) is 31.0. The number of rotatable bonds is 6. The molecule has 7 heteroatoms. The van der Waals surface area contributed by atoms with Crippen LogP contribution in [-0.2, 0) is 10.3 Å². The highest BCUT2D eigenvalue weighted by atomic mass is 16.4. The Kier molecular flexibility index (Phi) is 6.16. The van der Waals surface area contributed by atoms with Crippen LogP contribution in [0, 0.1) is 12.8 Å². The van der Waals surface area contributed by atoms with E-state index in [0.29, 0.717) is 23.1 Å². The summed E-state index contributed by atoms with van der Waals surface area (Å²) in [5.41, 5.74) is 2.36. The Bertz CT molecular complexity index is 891. The molecule has 2 rings (SSSR count). The summed E-state index contributed by atoms with van der Waals surface area (Å²) in [6, 6.07) is 1.80. The zero-order chi connectivity index (χ0) is 21.4. The lowest BCUT2D eigenvalue weighted by Crippen LogP contribution is -2.38. The van der Waals surface area contributed by atoms with Crippen LogP contribution >= 0.6 is 0 Å². The maximum absolute atomic E-state index is 13.4. The first-order valence-electron chi connectivity index (χ1n) is 9.74. The van der Waals surface area contributed by atoms with E-state index in [0.717, 1.165) is 11.4 Å². The number of aryl methyl sites for hydroxylation is 1. The van der Waals surface area contributed by atoms with E-state index in [9.17, 15) is 14.7 Å². The summed E-state index contributed by atoms with van der Waals surface area (Å²) in [5.74, 6) is -1.03. The topological polar surface area (TPSA) is 88.3 Å². The van der Waals surface area contributed by atoms with Crippen LogP contribution in [0.15, 0.2) is 6.07 Å². The smallest absolute Gasteiger partial charge is 0.323 e. The van der Waals surface area contributed by atoms with E-state index >= 15 is 0 Å². The monoisotopic (exact) mass is 388 g/mol. The number of hydrogen-bond acceptors (Lipinski definition) is 4. The number of carboxylic acids is 1. The number of aromatic nitrogens is 3. The van der Waals surface area contributed by atoms with Gasteiger partial charge in [-0.05, 0) is 45.6 Å². The van der Waals surface area contributed by atoms with Crippen molar-refractivity contribution >= 4 is 22.9 Å². The lowest BCUT2D eigenvalue weighted by molar-refractivity contribution is -0.137. The minimum Gasteiger partial charge on any atom is -0.480 e. The molecule has 0 aromatic carbocycles. The van der Waals surface area contributed by atoms with E-state index in [-0.39, 0.29) is 29.8 Å². The fraction of sp³-hybridized carbons (Fsp3) is 0.619. The Morgan fingerprint density at radius 3 is 2.29 bits per heavy atom. The van der Waals surface area contributed by atoms with E-state index in [1.165, 1.54) is 4.90 Å². The molecule has 2 aromatic heterocycles. The molecule has 0 aliphatic rings. The quantitative estimate of drug-likeness (QED) is 0.813. The molecule has 28 heavy (non-hydrogen) atoms. The fourth-order valence-electron chi connectivity index (χ4n) is 3.23. The number of carboxylic acid groups (broad SMARTS) is 1. The predicted molar refractivity (Wildman–Crippen MR) is 110 cm³/mol. The van der Waals surface area contributed by atoms with Gasteiger partial charge in [-0.1, -0.05) is 27.7 Å². The van der Waals surface area contributed by atoms with Crippen molar-refractivity contribution in [2.45, 2.75) is 66.8 Å². The Hall–Kier alpha value is -2.44. The molecule has 0 unspecified atom stereocenters. The largest absolute Gasteiger partial charge is 0.480 e. The van der Waals surface area contributed by atoms with Crippen LogP contribution in [0.1, 0.15) is 76.1 Å². The summed E-state index contributed by atoms with van der Waals surface area (Å²) >= 11 is 0. The third kappa shape index (κ3) is 4.51. The van der Waals surface area contributed by atoms with Crippen molar-refractivity contribution in [2.75, 3.05) is 13.1 Å². The highest BCUT2D eigenvalue weighted by molar-refractivity contribution is 6.07. The van der Waals surface area contributed by atoms with Gasteiger partial charge in [0.2, 0.25) is 0 Å². The SMILES string of the molecule is Cc1nn(C(C)(C)C)c2nc(C(C)C)cc(C(=O)N(CC(=O)O)CC(C)C)c12. The van der Waals surface area contributed by atoms with Crippen LogP contribution in [0.3, 0.4) is 0 Å². The normalized spacial score (nSPS) is 12.2. The third-order valence-electron chi connectivity index (χ3n) is 4.49. The van der Waals surface area contributed by atoms with Gasteiger partial charge in [0, 0.05) is 12.2 Å². The van der Waals surface area contributed by atoms with Gasteiger partial charge in [-0.25, -0.2) is 9.67 Å². The first-order valence-corrected chi connectivity index (χ1v) is 9.74. The average molecular weight is 389 g/mol. The molecule has 2 aromatic rings. The van der Waals surface area contributed by atoms with Gasteiger partial charge in [0.15, 0.2) is 5.65 Å². The predicted octanol–water partition coefficient (Wildman–Crippen LogP) is 3.80. The van der Waals surface area contributed by atoms with Crippen LogP contribution in [0.5, 0.6) is 0 Å². The van der Waals surface area contributed by atoms with Gasteiger partial charge < -0.3 is 10.0 Å². The second-order valence-electron chi connectivity index (χ2n) is 9.09. The zero-order valence-electron chi connectivity index (χ0n) is 18.2. The Labute approximate surface area is 166 Å². The molecular formula is C21H32N4O3. The Morgan fingerprint density at radius 2 is 1.82 bits per heavy atom. The molecule has 0 aliphatic heterocycles. The number of carbonyl (C=O) groups is 2. The Morgan fingerprint density at radius 1 is 1.21 bits per heavy atom. The maximum Gasteiger partial charge on any atom is 0.323 e. The molecule has 0 saturated heterocycles. The van der Waals surface area contributed by atoms with E-state index in [2.05, 4.69) is 5.10 Å². The minimum absolute atomic E-state index is 0.123. The van der Waals surface area contributed by atoms with Crippen molar-refractivity contribution < 1.29 is 14.7 Å². The van der Waals surface area contributed by atoms with Crippen LogP contribution < -0.4 is 0 Å². The van der Waals surface area contributed by atoms with Crippen molar-refractivity contribution in [3.8, 4) is 0 Å². The molecule has 1 N–H and O–H groups in total. The Balaban J connectivity index is 2.75. The molecule has 0 atom stereocenters. The third-order valence-corrected chi connectivity index (χ3v) is 4.49. The average Bonchev–Trinajstić information content (AvgIpc) is 2.89. The zero-order valence-corrected chi connectivity index (χ0v) is 18.2. The van der Waals surface area contributed by atoms with Crippen molar-refractivity contribution in [1.29, 1.82) is 0 Å². The number of hydrogen-bond donors (Lipinski definition) is 1. The van der Waals surface area contributed by atoms with Crippen LogP contribution in [0.2, 0.25) is 0 Å². The second kappa shape index (κ2) is 7.89. The van der Waals surface area contributed by atoms with Crippen LogP contribution in [-0.4, -0.2) is 49.7 Å². The van der Waals surface area contributed by atoms with Gasteiger partial charge >= 0.3 is 5.97 Å². The molecule has 0 radical (unpaired) electrons. The van der Waals surface area contributed by atoms with E-state index in [1.54, 1.807) is 6.07 Å². The summed E-state index contributed by atoms with van der Waals surface area (Å²) in [6.45, 7) is 16.0. The summed E-state index contributed by atoms with van der Waals surface area (Å²) < 4.78 is 1.85. The summed E-state index contributed by atoms with van der Waals surface area (Å²) in [6.07, 6.45) is 0. The molecule has 0 saturated carbocycles. The van der Waals surface area contributed by atoms with Gasteiger partial charge in [0.25, 0.3) is 5.91 Å². The maximum atomic E-state index is 13.4. The van der Waals surface area contributed by atoms with Crippen molar-refractivity contribution in [1.82, 2.24) is 19.7 Å². The highest BCUT2D eigenvalue weighted by Crippen LogP contribution is 2.29. The van der Waals surface area contributed by atoms with Crippen molar-refractivity contribution in [3.63, 3.8) is 0 Å². The van der Waals surface area contributed by atoms with E-state index in [1.807, 2.05) is 60.1 Å². The minimum atomic E-state index is -1.02. The fourth-order valence-corrected chi connectivity index (χ4v) is 3.23. The lowest BCUT2D eigenvalue weighted by atomic mass is 10.0. The molecule has 154 valence electrons. The van der Waals surface area contributed by atoms with Crippen molar-refractivity contribution in [2.24, 2.45) is 5.92 Å². The molecule has 7 nitrogen and oxygen atoms in total. The lowest BCUT2D eigenvalue weighted by Gasteiger charge is -2.24. The van der Waals surface area contributed by atoms with Gasteiger partial charge in [-0.3, -0.25) is 9.59 Å². The number of aliphatic carboxylic acids is 1. The second-order valence-corrected chi connectivity index (χ2v) is 9.09. The molecule has 0 fully saturated rings. The van der Waals surface area contributed by atoms with Gasteiger partial charge in [0.1, 0.15) is 6.54 Å². The van der Waals surface area contributed by atoms with Gasteiger partial charge in [-0.2, -0.15) is 5.10 Å². The summed E-state index contributed by atoms with van der Waals surface area (Å²) in [5, 5.41) is 14.6. The molecule has 1 amide bonds. The highest BCUT2D eigenvalue weighted by Gasteiger charge is 2.28. The molecule has 0 spiro atoms. The molecule has 0 aliphatic carbocycles. The van der Waals surface area contributed by atoms with Gasteiger partial charge in [0.05, 0.1) is 22.2 Å². The van der Waals surface area contributed by atoms with Crippen LogP contribution in [0.25, 0.3) is 11.0 Å². The molecule has 0 bridgehead atoms. The number of nitrogens with zero attached hydrogens (tertiary/aromatic N) is 4. The number of fused-ring (bicyclic) bond motifs is 1. The summed E-state index contributed by atoms with van der Waals surface area (Å²) in [7, 11) is 0. The van der Waals surface area contributed by atoms with E-state index < -0.39 is 5.97 Å². The first-order chi connectivity index (χ1) is 12.8. The van der Waals surface area contributed by atoms with Crippen molar-refractivity contribution in [3.05, 3.63) is 23.0 Å². The molecule has 2 heterocycles. The van der Waals surface area contributed by atoms with Gasteiger partial charge in [-0.15, -0.1) is 0 Å². The number of amides is 1. The van der Waals surface area contributed by atoms with Crippen LogP contribution in [0.4, 0.5) is 0 Å². The number of pyridine rings is 1. The standard InChI is InChI=1S/C21H32N4O3/c1-12(2)10-24(11-17(26)27)20(28)15-9-16(13(3)4)22-19-18(15)14(5)23-25(19)21(6,7)8/h9,12-13H,10-11H2,1-8H3,(H,26,27). The first kappa shape index (κ1) is 21.9.